The van der Waals surface area contributed by atoms with Gasteiger partial charge in [-0.05, 0) is 52.9 Å². The lowest BCUT2D eigenvalue weighted by molar-refractivity contribution is -0.113. The third-order valence-corrected chi connectivity index (χ3v) is 4.70. The molecule has 27 heavy (non-hydrogen) atoms. The smallest absolute Gasteiger partial charge is 0.234 e. The number of methoxy groups -OCH3 is 1. The van der Waals surface area contributed by atoms with Crippen molar-refractivity contribution in [2.45, 2.75) is 5.16 Å². The van der Waals surface area contributed by atoms with Crippen LogP contribution in [0.25, 0.3) is 5.69 Å². The second kappa shape index (κ2) is 8.53. The average Bonchev–Trinajstić information content (AvgIpc) is 3.15. The maximum atomic E-state index is 12.2. The first-order valence-corrected chi connectivity index (χ1v) is 9.02. The number of hydrogen-bond acceptors (Lipinski definition) is 7. The van der Waals surface area contributed by atoms with Crippen LogP contribution in [0.4, 0.5) is 5.69 Å². The summed E-state index contributed by atoms with van der Waals surface area (Å²) >= 11 is 7.16. The Bertz CT molecular complexity index is 999. The number of tetrazole rings is 1. The van der Waals surface area contributed by atoms with Gasteiger partial charge in [-0.25, -0.2) is 0 Å². The number of benzene rings is 2. The minimum Gasteiger partial charge on any atom is -0.497 e. The lowest BCUT2D eigenvalue weighted by atomic mass is 10.2. The van der Waals surface area contributed by atoms with Crippen LogP contribution < -0.4 is 10.1 Å². The van der Waals surface area contributed by atoms with Crippen molar-refractivity contribution >= 4 is 35.0 Å². The predicted octanol–water partition coefficient (Wildman–Crippen LogP) is 2.93. The Balaban J connectivity index is 1.63. The molecule has 3 aromatic rings. The summed E-state index contributed by atoms with van der Waals surface area (Å²) in [6.45, 7) is 0. The number of amides is 1. The van der Waals surface area contributed by atoms with Crippen LogP contribution >= 0.6 is 23.4 Å². The number of ether oxygens (including phenoxy) is 1. The summed E-state index contributed by atoms with van der Waals surface area (Å²) in [5.74, 6) is 0.584. The quantitative estimate of drug-likeness (QED) is 0.634. The van der Waals surface area contributed by atoms with Gasteiger partial charge in [0.05, 0.1) is 29.1 Å². The molecule has 3 rings (SSSR count). The van der Waals surface area contributed by atoms with E-state index < -0.39 is 0 Å². The zero-order valence-corrected chi connectivity index (χ0v) is 15.7. The Morgan fingerprint density at radius 3 is 2.78 bits per heavy atom. The lowest BCUT2D eigenvalue weighted by Crippen LogP contribution is -2.14. The molecule has 136 valence electrons. The van der Waals surface area contributed by atoms with Crippen molar-refractivity contribution in [1.82, 2.24) is 20.2 Å². The molecule has 1 N–H and O–H groups in total. The van der Waals surface area contributed by atoms with Crippen LogP contribution in [0, 0.1) is 11.3 Å². The van der Waals surface area contributed by atoms with Crippen molar-refractivity contribution in [2.24, 2.45) is 0 Å². The van der Waals surface area contributed by atoms with Crippen molar-refractivity contribution in [3.05, 3.63) is 53.1 Å². The van der Waals surface area contributed by atoms with Gasteiger partial charge in [0.1, 0.15) is 11.8 Å². The number of carbonyl (C=O) groups is 1. The van der Waals surface area contributed by atoms with Gasteiger partial charge in [0.25, 0.3) is 0 Å². The van der Waals surface area contributed by atoms with E-state index in [1.165, 1.54) is 22.5 Å². The Hall–Kier alpha value is -3.09. The van der Waals surface area contributed by atoms with Crippen LogP contribution in [0.1, 0.15) is 5.56 Å². The number of hydrogen-bond donors (Lipinski definition) is 1. The fourth-order valence-electron chi connectivity index (χ4n) is 2.17. The summed E-state index contributed by atoms with van der Waals surface area (Å²) in [6.07, 6.45) is 0. The van der Waals surface area contributed by atoms with E-state index in [0.29, 0.717) is 16.4 Å². The van der Waals surface area contributed by atoms with Crippen LogP contribution in [0.5, 0.6) is 5.75 Å². The summed E-state index contributed by atoms with van der Waals surface area (Å²) in [6, 6.07) is 13.9. The number of aromatic nitrogens is 4. The summed E-state index contributed by atoms with van der Waals surface area (Å²) in [5, 5.41) is 23.9. The zero-order valence-electron chi connectivity index (χ0n) is 14.1. The van der Waals surface area contributed by atoms with Crippen LogP contribution in [0.15, 0.2) is 47.6 Å². The Labute approximate surface area is 164 Å². The molecule has 0 spiro atoms. The molecule has 0 aliphatic rings. The van der Waals surface area contributed by atoms with E-state index >= 15 is 0 Å². The predicted molar refractivity (Wildman–Crippen MR) is 101 cm³/mol. The van der Waals surface area contributed by atoms with E-state index in [9.17, 15) is 4.79 Å². The molecular weight excluding hydrogens is 388 g/mol. The topological polar surface area (TPSA) is 106 Å². The summed E-state index contributed by atoms with van der Waals surface area (Å²) in [5.41, 5.74) is 1.62. The fraction of sp³-hybridized carbons (Fsp3) is 0.118. The molecule has 0 radical (unpaired) electrons. The minimum atomic E-state index is -0.245. The molecule has 1 amide bonds. The van der Waals surface area contributed by atoms with Crippen molar-refractivity contribution in [1.29, 1.82) is 5.26 Å². The van der Waals surface area contributed by atoms with E-state index in [2.05, 4.69) is 20.8 Å². The molecule has 1 heterocycles. The Morgan fingerprint density at radius 2 is 2.11 bits per heavy atom. The minimum absolute atomic E-state index is 0.105. The summed E-state index contributed by atoms with van der Waals surface area (Å²) in [4.78, 5) is 12.2. The molecule has 0 bridgehead atoms. The molecule has 2 aromatic carbocycles. The summed E-state index contributed by atoms with van der Waals surface area (Å²) < 4.78 is 6.67. The van der Waals surface area contributed by atoms with E-state index in [1.54, 1.807) is 31.4 Å². The van der Waals surface area contributed by atoms with Gasteiger partial charge < -0.3 is 10.1 Å². The SMILES string of the molecule is COc1ccc(-n2nnnc2SCC(=O)Nc2ccc(C#N)c(Cl)c2)cc1. The van der Waals surface area contributed by atoms with Gasteiger partial charge >= 0.3 is 0 Å². The second-order valence-electron chi connectivity index (χ2n) is 5.21. The molecule has 0 saturated carbocycles. The van der Waals surface area contributed by atoms with Crippen LogP contribution in [-0.2, 0) is 4.79 Å². The van der Waals surface area contributed by atoms with Crippen molar-refractivity contribution in [3.8, 4) is 17.5 Å². The number of halogens is 1. The molecular formula is C17H13ClN6O2S. The van der Waals surface area contributed by atoms with Gasteiger partial charge in [0.2, 0.25) is 11.1 Å². The summed E-state index contributed by atoms with van der Waals surface area (Å²) in [7, 11) is 1.59. The average molecular weight is 401 g/mol. The van der Waals surface area contributed by atoms with Gasteiger partial charge in [-0.2, -0.15) is 9.94 Å². The highest BCUT2D eigenvalue weighted by molar-refractivity contribution is 7.99. The maximum Gasteiger partial charge on any atom is 0.234 e. The number of rotatable bonds is 6. The van der Waals surface area contributed by atoms with Gasteiger partial charge in [0.15, 0.2) is 0 Å². The Kier molecular flexibility index (Phi) is 5.90. The van der Waals surface area contributed by atoms with Crippen LogP contribution in [0.2, 0.25) is 5.02 Å². The highest BCUT2D eigenvalue weighted by Gasteiger charge is 2.12. The van der Waals surface area contributed by atoms with E-state index in [1.807, 2.05) is 18.2 Å². The van der Waals surface area contributed by atoms with Gasteiger partial charge in [0, 0.05) is 5.69 Å². The Morgan fingerprint density at radius 1 is 1.33 bits per heavy atom. The van der Waals surface area contributed by atoms with Crippen LogP contribution in [0.3, 0.4) is 0 Å². The monoisotopic (exact) mass is 400 g/mol. The van der Waals surface area contributed by atoms with Gasteiger partial charge in [-0.1, -0.05) is 23.4 Å². The van der Waals surface area contributed by atoms with Crippen molar-refractivity contribution in [3.63, 3.8) is 0 Å². The largest absolute Gasteiger partial charge is 0.497 e. The normalized spacial score (nSPS) is 10.3. The number of thioether (sulfide) groups is 1. The zero-order chi connectivity index (χ0) is 19.2. The molecule has 0 fully saturated rings. The standard InChI is InChI=1S/C17H13ClN6O2S/c1-26-14-6-4-13(5-7-14)24-17(21-22-23-24)27-10-16(25)20-12-3-2-11(9-19)15(18)8-12/h2-8H,10H2,1H3,(H,20,25). The molecule has 1 aromatic heterocycles. The molecule has 10 heteroatoms. The molecule has 0 aliphatic heterocycles. The van der Waals surface area contributed by atoms with Gasteiger partial charge in [-0.15, -0.1) is 5.10 Å². The van der Waals surface area contributed by atoms with Crippen molar-refractivity contribution < 1.29 is 9.53 Å². The second-order valence-corrected chi connectivity index (χ2v) is 6.56. The van der Waals surface area contributed by atoms with E-state index in [4.69, 9.17) is 21.6 Å². The fourth-order valence-corrected chi connectivity index (χ4v) is 3.08. The van der Waals surface area contributed by atoms with Crippen LogP contribution in [-0.4, -0.2) is 39.0 Å². The lowest BCUT2D eigenvalue weighted by Gasteiger charge is -2.07. The number of anilines is 1. The maximum absolute atomic E-state index is 12.2. The first kappa shape index (κ1) is 18.7. The molecule has 0 aliphatic carbocycles. The number of carbonyl (C=O) groups excluding carboxylic acids is 1. The molecule has 0 saturated heterocycles. The highest BCUT2D eigenvalue weighted by atomic mass is 35.5. The highest BCUT2D eigenvalue weighted by Crippen LogP contribution is 2.22. The molecule has 8 nitrogen and oxygen atoms in total. The first-order chi connectivity index (χ1) is 13.1. The number of nitriles is 1. The third kappa shape index (κ3) is 4.55. The molecule has 0 unspecified atom stereocenters. The van der Waals surface area contributed by atoms with E-state index in [0.717, 1.165) is 11.4 Å². The van der Waals surface area contributed by atoms with Crippen molar-refractivity contribution in [2.75, 3.05) is 18.2 Å². The molecule has 0 atom stereocenters. The van der Waals surface area contributed by atoms with Gasteiger partial charge in [-0.3, -0.25) is 4.79 Å². The van der Waals surface area contributed by atoms with E-state index in [-0.39, 0.29) is 16.7 Å². The first-order valence-electron chi connectivity index (χ1n) is 7.66. The number of nitrogens with one attached hydrogen (secondary N) is 1. The third-order valence-electron chi connectivity index (χ3n) is 3.46. The number of nitrogens with zero attached hydrogens (tertiary/aromatic N) is 5.